The molecule has 0 spiro atoms. The number of unbranched alkanes of at least 4 members (excludes halogenated alkanes) is 2. The molecular weight excluding hydrogens is 320 g/mol. The van der Waals surface area contributed by atoms with E-state index in [0.717, 1.165) is 13.1 Å². The van der Waals surface area contributed by atoms with Crippen molar-refractivity contribution in [3.63, 3.8) is 0 Å². The van der Waals surface area contributed by atoms with E-state index in [4.69, 9.17) is 0 Å². The zero-order valence-electron chi connectivity index (χ0n) is 17.1. The molecule has 2 atom stereocenters. The van der Waals surface area contributed by atoms with Crippen LogP contribution in [-0.2, 0) is 13.1 Å². The number of hydrogen-bond donors (Lipinski definition) is 2. The standard InChI is InChI=1S/C22H38N4/c1-3-5-10-23-12-14-25(19-23)17-21-8-7-9-22(16-21)18-26-15-13-24(20-26)11-6-4-2/h7-9,16H,3-6,10-15,17-20H2,1-2H3/p+2. The quantitative estimate of drug-likeness (QED) is 0.635. The highest BCUT2D eigenvalue weighted by atomic mass is 15.4. The molecule has 2 aliphatic rings. The fourth-order valence-electron chi connectivity index (χ4n) is 4.46. The lowest BCUT2D eigenvalue weighted by molar-refractivity contribution is -0.892. The molecule has 146 valence electrons. The molecule has 4 heteroatoms. The van der Waals surface area contributed by atoms with Crippen LogP contribution in [0.15, 0.2) is 24.3 Å². The van der Waals surface area contributed by atoms with Crippen molar-refractivity contribution < 1.29 is 9.80 Å². The zero-order chi connectivity index (χ0) is 18.2. The van der Waals surface area contributed by atoms with Crippen LogP contribution in [0.25, 0.3) is 0 Å². The Morgan fingerprint density at radius 2 is 1.31 bits per heavy atom. The van der Waals surface area contributed by atoms with Crippen LogP contribution in [0, 0.1) is 0 Å². The topological polar surface area (TPSA) is 15.4 Å². The van der Waals surface area contributed by atoms with E-state index in [2.05, 4.69) is 47.9 Å². The number of rotatable bonds is 10. The van der Waals surface area contributed by atoms with E-state index in [-0.39, 0.29) is 0 Å². The summed E-state index contributed by atoms with van der Waals surface area (Å²) < 4.78 is 0. The Morgan fingerprint density at radius 1 is 0.808 bits per heavy atom. The fourth-order valence-corrected chi connectivity index (χ4v) is 4.46. The molecule has 2 heterocycles. The van der Waals surface area contributed by atoms with Gasteiger partial charge >= 0.3 is 0 Å². The summed E-state index contributed by atoms with van der Waals surface area (Å²) in [7, 11) is 0. The van der Waals surface area contributed by atoms with Gasteiger partial charge in [-0.2, -0.15) is 0 Å². The molecule has 4 nitrogen and oxygen atoms in total. The highest BCUT2D eigenvalue weighted by Crippen LogP contribution is 2.11. The van der Waals surface area contributed by atoms with Gasteiger partial charge in [0.1, 0.15) is 13.3 Å². The molecule has 0 aliphatic carbocycles. The van der Waals surface area contributed by atoms with Crippen LogP contribution in [0.5, 0.6) is 0 Å². The third kappa shape index (κ3) is 6.05. The number of quaternary nitrogens is 2. The molecular formula is C22H40N4+2. The third-order valence-electron chi connectivity index (χ3n) is 6.03. The molecule has 2 aliphatic heterocycles. The largest absolute Gasteiger partial charge is 0.321 e. The van der Waals surface area contributed by atoms with Crippen LogP contribution in [0.2, 0.25) is 0 Å². The van der Waals surface area contributed by atoms with Crippen LogP contribution in [0.3, 0.4) is 0 Å². The fraction of sp³-hybridized carbons (Fsp3) is 0.727. The van der Waals surface area contributed by atoms with Crippen molar-refractivity contribution >= 4 is 0 Å². The smallest absolute Gasteiger partial charge is 0.134 e. The Balaban J connectivity index is 1.45. The van der Waals surface area contributed by atoms with Gasteiger partial charge in [-0.3, -0.25) is 0 Å². The lowest BCUT2D eigenvalue weighted by Crippen LogP contribution is -3.10. The molecule has 0 radical (unpaired) electrons. The number of nitrogens with one attached hydrogen (secondary N) is 2. The molecule has 2 unspecified atom stereocenters. The van der Waals surface area contributed by atoms with Gasteiger partial charge in [-0.25, -0.2) is 9.80 Å². The van der Waals surface area contributed by atoms with Gasteiger partial charge < -0.3 is 9.80 Å². The average Bonchev–Trinajstić information content (AvgIpc) is 3.28. The first kappa shape index (κ1) is 19.8. The molecule has 2 fully saturated rings. The van der Waals surface area contributed by atoms with Crippen molar-refractivity contribution in [3.8, 4) is 0 Å². The second kappa shape index (κ2) is 10.4. The van der Waals surface area contributed by atoms with Crippen LogP contribution >= 0.6 is 0 Å². The van der Waals surface area contributed by atoms with Gasteiger partial charge in [0, 0.05) is 13.1 Å². The van der Waals surface area contributed by atoms with E-state index < -0.39 is 0 Å². The van der Waals surface area contributed by atoms with Crippen molar-refractivity contribution in [2.45, 2.75) is 52.6 Å². The average molecular weight is 361 g/mol. The predicted molar refractivity (Wildman–Crippen MR) is 108 cm³/mol. The first-order valence-electron chi connectivity index (χ1n) is 11.0. The molecule has 0 saturated carbocycles. The van der Waals surface area contributed by atoms with Crippen molar-refractivity contribution in [2.24, 2.45) is 0 Å². The Hall–Kier alpha value is -0.940. The maximum Gasteiger partial charge on any atom is 0.134 e. The third-order valence-corrected chi connectivity index (χ3v) is 6.03. The molecule has 1 aromatic carbocycles. The van der Waals surface area contributed by atoms with E-state index in [1.165, 1.54) is 89.4 Å². The zero-order valence-corrected chi connectivity index (χ0v) is 17.1. The highest BCUT2D eigenvalue weighted by molar-refractivity contribution is 5.23. The monoisotopic (exact) mass is 360 g/mol. The molecule has 26 heavy (non-hydrogen) atoms. The second-order valence-electron chi connectivity index (χ2n) is 8.45. The lowest BCUT2D eigenvalue weighted by atomic mass is 10.1. The minimum absolute atomic E-state index is 1.12. The van der Waals surface area contributed by atoms with Gasteiger partial charge in [0.2, 0.25) is 0 Å². The number of nitrogens with zero attached hydrogens (tertiary/aromatic N) is 2. The van der Waals surface area contributed by atoms with E-state index in [9.17, 15) is 0 Å². The van der Waals surface area contributed by atoms with E-state index in [1.54, 1.807) is 9.80 Å². The lowest BCUT2D eigenvalue weighted by Gasteiger charge is -2.17. The Morgan fingerprint density at radius 3 is 1.77 bits per heavy atom. The Kier molecular flexibility index (Phi) is 7.93. The molecule has 0 aromatic heterocycles. The van der Waals surface area contributed by atoms with Crippen LogP contribution in [0.4, 0.5) is 0 Å². The summed E-state index contributed by atoms with van der Waals surface area (Å²) in [5.74, 6) is 0. The molecule has 0 amide bonds. The summed E-state index contributed by atoms with van der Waals surface area (Å²) in [5.41, 5.74) is 2.99. The van der Waals surface area contributed by atoms with Crippen molar-refractivity contribution in [1.82, 2.24) is 9.80 Å². The van der Waals surface area contributed by atoms with E-state index >= 15 is 0 Å². The summed E-state index contributed by atoms with van der Waals surface area (Å²) in [6, 6.07) is 9.35. The summed E-state index contributed by atoms with van der Waals surface area (Å²) >= 11 is 0. The van der Waals surface area contributed by atoms with Gasteiger partial charge in [0.25, 0.3) is 0 Å². The van der Waals surface area contributed by atoms with Gasteiger partial charge in [0.15, 0.2) is 0 Å². The molecule has 2 saturated heterocycles. The molecule has 0 bridgehead atoms. The van der Waals surface area contributed by atoms with Gasteiger partial charge in [-0.1, -0.05) is 51.0 Å². The van der Waals surface area contributed by atoms with Gasteiger partial charge in [0.05, 0.1) is 39.3 Å². The van der Waals surface area contributed by atoms with Gasteiger partial charge in [-0.15, -0.1) is 0 Å². The maximum atomic E-state index is 2.64. The molecule has 1 aromatic rings. The highest BCUT2D eigenvalue weighted by Gasteiger charge is 2.24. The predicted octanol–water partition coefficient (Wildman–Crippen LogP) is 0.603. The second-order valence-corrected chi connectivity index (χ2v) is 8.45. The minimum atomic E-state index is 1.12. The Bertz CT molecular complexity index is 489. The first-order valence-corrected chi connectivity index (χ1v) is 11.0. The molecule has 3 rings (SSSR count). The van der Waals surface area contributed by atoms with Crippen molar-refractivity contribution in [2.75, 3.05) is 52.6 Å². The maximum absolute atomic E-state index is 2.64. The number of hydrogen-bond acceptors (Lipinski definition) is 2. The summed E-state index contributed by atoms with van der Waals surface area (Å²) in [6.07, 6.45) is 5.37. The Labute approximate surface area is 160 Å². The van der Waals surface area contributed by atoms with E-state index in [1.807, 2.05) is 0 Å². The van der Waals surface area contributed by atoms with Crippen LogP contribution < -0.4 is 9.80 Å². The van der Waals surface area contributed by atoms with Crippen molar-refractivity contribution in [3.05, 3.63) is 35.4 Å². The summed E-state index contributed by atoms with van der Waals surface area (Å²) in [5, 5.41) is 0. The summed E-state index contributed by atoms with van der Waals surface area (Å²) in [4.78, 5) is 8.82. The normalized spacial score (nSPS) is 24.5. The molecule has 2 N–H and O–H groups in total. The van der Waals surface area contributed by atoms with E-state index in [0.29, 0.717) is 0 Å². The summed E-state index contributed by atoms with van der Waals surface area (Å²) in [6.45, 7) is 17.1. The SMILES string of the molecule is CCCC[NH+]1CCN(Cc2cccc(CN3CC[NH+](CCCC)C3)c2)C1. The number of benzene rings is 1. The van der Waals surface area contributed by atoms with Gasteiger partial charge in [-0.05, 0) is 24.0 Å². The first-order chi connectivity index (χ1) is 12.8. The minimum Gasteiger partial charge on any atom is -0.321 e. The van der Waals surface area contributed by atoms with Crippen molar-refractivity contribution in [1.29, 1.82) is 0 Å². The van der Waals surface area contributed by atoms with Crippen LogP contribution in [-0.4, -0.2) is 62.4 Å². The van der Waals surface area contributed by atoms with Crippen LogP contribution in [0.1, 0.15) is 50.7 Å².